The largest absolute Gasteiger partial charge is 0.493 e. The number of benzene rings is 1. The van der Waals surface area contributed by atoms with Gasteiger partial charge >= 0.3 is 0 Å². The van der Waals surface area contributed by atoms with E-state index >= 15 is 0 Å². The van der Waals surface area contributed by atoms with Crippen LogP contribution in [0, 0.1) is 0 Å². The maximum atomic E-state index is 9.61. The predicted molar refractivity (Wildman–Crippen MR) is 83.0 cm³/mol. The van der Waals surface area contributed by atoms with Crippen molar-refractivity contribution in [1.29, 1.82) is 0 Å². The van der Waals surface area contributed by atoms with E-state index in [1.807, 2.05) is 0 Å². The summed E-state index contributed by atoms with van der Waals surface area (Å²) in [5.41, 5.74) is 1.27. The van der Waals surface area contributed by atoms with Crippen LogP contribution >= 0.6 is 15.9 Å². The molecule has 20 heavy (non-hydrogen) atoms. The summed E-state index contributed by atoms with van der Waals surface area (Å²) in [6.45, 7) is 0.797. The Balaban J connectivity index is 1.73. The van der Waals surface area contributed by atoms with Gasteiger partial charge in [0.25, 0.3) is 0 Å². The van der Waals surface area contributed by atoms with Gasteiger partial charge in [-0.1, -0.05) is 22.0 Å². The molecular weight excluding hydrogens is 318 g/mol. The van der Waals surface area contributed by atoms with Gasteiger partial charge in [-0.15, -0.1) is 0 Å². The van der Waals surface area contributed by atoms with Gasteiger partial charge in [0.05, 0.1) is 12.7 Å². The zero-order chi connectivity index (χ0) is 13.9. The standard InChI is InChI=1S/C16H22BrNO2/c17-11-3-8-14-15(2-1-9-20-16(14)10-11)18-12-4-6-13(19)7-5-12/h3,8,10,12-13,15,18-19H,1-2,4-7,9H2. The normalized spacial score (nSPS) is 30.2. The van der Waals surface area contributed by atoms with E-state index in [4.69, 9.17) is 4.74 Å². The Kier molecular flexibility index (Phi) is 4.64. The number of aliphatic hydroxyl groups is 1. The van der Waals surface area contributed by atoms with Crippen LogP contribution in [0.1, 0.15) is 50.1 Å². The Labute approximate surface area is 128 Å². The average molecular weight is 340 g/mol. The number of fused-ring (bicyclic) bond motifs is 1. The van der Waals surface area contributed by atoms with Crippen LogP contribution in [0.2, 0.25) is 0 Å². The molecular formula is C16H22BrNO2. The first-order valence-electron chi connectivity index (χ1n) is 7.59. The van der Waals surface area contributed by atoms with Gasteiger partial charge in [-0.3, -0.25) is 0 Å². The fourth-order valence-corrected chi connectivity index (χ4v) is 3.59. The molecule has 1 fully saturated rings. The van der Waals surface area contributed by atoms with Crippen molar-refractivity contribution in [2.75, 3.05) is 6.61 Å². The summed E-state index contributed by atoms with van der Waals surface area (Å²) >= 11 is 3.51. The van der Waals surface area contributed by atoms with Crippen molar-refractivity contribution in [3.8, 4) is 5.75 Å². The molecule has 3 nitrogen and oxygen atoms in total. The fourth-order valence-electron chi connectivity index (χ4n) is 3.25. The molecule has 0 bridgehead atoms. The lowest BCUT2D eigenvalue weighted by Crippen LogP contribution is -2.37. The molecule has 1 saturated carbocycles. The molecule has 1 atom stereocenters. The first-order valence-corrected chi connectivity index (χ1v) is 8.38. The van der Waals surface area contributed by atoms with Crippen LogP contribution in [-0.2, 0) is 0 Å². The molecule has 0 radical (unpaired) electrons. The molecule has 2 aliphatic rings. The highest BCUT2D eigenvalue weighted by atomic mass is 79.9. The first kappa shape index (κ1) is 14.4. The molecule has 1 aliphatic heterocycles. The maximum absolute atomic E-state index is 9.61. The van der Waals surface area contributed by atoms with Crippen molar-refractivity contribution in [1.82, 2.24) is 5.32 Å². The van der Waals surface area contributed by atoms with Crippen LogP contribution in [0.5, 0.6) is 5.75 Å². The highest BCUT2D eigenvalue weighted by Gasteiger charge is 2.25. The van der Waals surface area contributed by atoms with Crippen molar-refractivity contribution in [3.05, 3.63) is 28.2 Å². The van der Waals surface area contributed by atoms with E-state index in [0.29, 0.717) is 12.1 Å². The summed E-state index contributed by atoms with van der Waals surface area (Å²) < 4.78 is 6.92. The van der Waals surface area contributed by atoms with E-state index in [0.717, 1.165) is 55.4 Å². The third-order valence-corrected chi connectivity index (χ3v) is 4.87. The second-order valence-corrected chi connectivity index (χ2v) is 6.81. The van der Waals surface area contributed by atoms with Crippen molar-refractivity contribution in [2.24, 2.45) is 0 Å². The van der Waals surface area contributed by atoms with E-state index in [1.54, 1.807) is 0 Å². The molecule has 1 aromatic rings. The smallest absolute Gasteiger partial charge is 0.125 e. The molecule has 0 saturated heterocycles. The average Bonchev–Trinajstić information content (AvgIpc) is 2.63. The van der Waals surface area contributed by atoms with Crippen LogP contribution in [0.3, 0.4) is 0 Å². The molecule has 1 heterocycles. The van der Waals surface area contributed by atoms with Crippen LogP contribution in [0.4, 0.5) is 0 Å². The number of nitrogens with one attached hydrogen (secondary N) is 1. The van der Waals surface area contributed by atoms with E-state index in [2.05, 4.69) is 39.4 Å². The zero-order valence-corrected chi connectivity index (χ0v) is 13.2. The third-order valence-electron chi connectivity index (χ3n) is 4.38. The summed E-state index contributed by atoms with van der Waals surface area (Å²) in [5.74, 6) is 1.00. The second-order valence-electron chi connectivity index (χ2n) is 5.90. The Morgan fingerprint density at radius 2 is 1.95 bits per heavy atom. The fraction of sp³-hybridized carbons (Fsp3) is 0.625. The third kappa shape index (κ3) is 3.35. The monoisotopic (exact) mass is 339 g/mol. The lowest BCUT2D eigenvalue weighted by molar-refractivity contribution is 0.114. The summed E-state index contributed by atoms with van der Waals surface area (Å²) in [6.07, 6.45) is 6.11. The predicted octanol–water partition coefficient (Wildman–Crippen LogP) is 3.56. The number of ether oxygens (including phenoxy) is 1. The van der Waals surface area contributed by atoms with Gasteiger partial charge in [0.15, 0.2) is 0 Å². The first-order chi connectivity index (χ1) is 9.72. The Bertz CT molecular complexity index is 458. The highest BCUT2D eigenvalue weighted by Crippen LogP contribution is 2.35. The Morgan fingerprint density at radius 1 is 1.15 bits per heavy atom. The molecule has 0 aromatic heterocycles. The van der Waals surface area contributed by atoms with E-state index in [1.165, 1.54) is 5.56 Å². The number of aliphatic hydroxyl groups excluding tert-OH is 1. The quantitative estimate of drug-likeness (QED) is 0.865. The molecule has 4 heteroatoms. The molecule has 1 unspecified atom stereocenters. The topological polar surface area (TPSA) is 41.5 Å². The van der Waals surface area contributed by atoms with Crippen LogP contribution in [0.25, 0.3) is 0 Å². The van der Waals surface area contributed by atoms with E-state index in [-0.39, 0.29) is 6.10 Å². The van der Waals surface area contributed by atoms with Gasteiger partial charge in [0.1, 0.15) is 5.75 Å². The SMILES string of the molecule is OC1CCC(NC2CCCOc3cc(Br)ccc32)CC1. The van der Waals surface area contributed by atoms with Gasteiger partial charge in [-0.2, -0.15) is 0 Å². The van der Waals surface area contributed by atoms with Crippen LogP contribution < -0.4 is 10.1 Å². The lowest BCUT2D eigenvalue weighted by atomic mass is 9.91. The molecule has 0 spiro atoms. The van der Waals surface area contributed by atoms with Crippen molar-refractivity contribution < 1.29 is 9.84 Å². The lowest BCUT2D eigenvalue weighted by Gasteiger charge is -2.30. The molecule has 0 amide bonds. The van der Waals surface area contributed by atoms with Crippen molar-refractivity contribution >= 4 is 15.9 Å². The molecule has 3 rings (SSSR count). The second kappa shape index (κ2) is 6.46. The summed E-state index contributed by atoms with van der Waals surface area (Å²) in [4.78, 5) is 0. The van der Waals surface area contributed by atoms with E-state index in [9.17, 15) is 5.11 Å². The zero-order valence-electron chi connectivity index (χ0n) is 11.6. The summed E-state index contributed by atoms with van der Waals surface area (Å²) in [7, 11) is 0. The van der Waals surface area contributed by atoms with Gasteiger partial charge in [0.2, 0.25) is 0 Å². The highest BCUT2D eigenvalue weighted by molar-refractivity contribution is 9.10. The van der Waals surface area contributed by atoms with Gasteiger partial charge in [-0.25, -0.2) is 0 Å². The number of rotatable bonds is 2. The molecule has 1 aromatic carbocycles. The Hall–Kier alpha value is -0.580. The molecule has 1 aliphatic carbocycles. The number of halogens is 1. The van der Waals surface area contributed by atoms with Gasteiger partial charge < -0.3 is 15.2 Å². The van der Waals surface area contributed by atoms with Crippen LogP contribution in [-0.4, -0.2) is 23.9 Å². The van der Waals surface area contributed by atoms with Crippen LogP contribution in [0.15, 0.2) is 22.7 Å². The molecule has 110 valence electrons. The summed E-state index contributed by atoms with van der Waals surface area (Å²) in [6, 6.07) is 7.23. The Morgan fingerprint density at radius 3 is 2.75 bits per heavy atom. The van der Waals surface area contributed by atoms with Crippen molar-refractivity contribution in [2.45, 2.75) is 56.7 Å². The number of hydrogen-bond donors (Lipinski definition) is 2. The van der Waals surface area contributed by atoms with Gasteiger partial charge in [0, 0.05) is 22.1 Å². The minimum atomic E-state index is -0.0891. The molecule has 2 N–H and O–H groups in total. The maximum Gasteiger partial charge on any atom is 0.125 e. The number of hydrogen-bond acceptors (Lipinski definition) is 3. The van der Waals surface area contributed by atoms with Gasteiger partial charge in [-0.05, 0) is 50.7 Å². The minimum Gasteiger partial charge on any atom is -0.493 e. The minimum absolute atomic E-state index is 0.0891. The van der Waals surface area contributed by atoms with Crippen molar-refractivity contribution in [3.63, 3.8) is 0 Å². The summed E-state index contributed by atoms with van der Waals surface area (Å²) in [5, 5.41) is 13.4. The van der Waals surface area contributed by atoms with E-state index < -0.39 is 0 Å².